The third-order valence-electron chi connectivity index (χ3n) is 10.3. The van der Waals surface area contributed by atoms with Gasteiger partial charge in [0.25, 0.3) is 10.1 Å². The minimum absolute atomic E-state index is 0.00258. The van der Waals surface area contributed by atoms with Crippen LogP contribution in [-0.4, -0.2) is 43.3 Å². The van der Waals surface area contributed by atoms with Crippen LogP contribution in [0, 0.1) is 17.8 Å². The van der Waals surface area contributed by atoms with Crippen LogP contribution in [0.25, 0.3) is 0 Å². The molecule has 7 nitrogen and oxygen atoms in total. The first-order valence-corrected chi connectivity index (χ1v) is 19.0. The summed E-state index contributed by atoms with van der Waals surface area (Å²) in [5, 5.41) is 0.895. The minimum atomic E-state index is -4.72. The third-order valence-corrected chi connectivity index (χ3v) is 11.2. The van der Waals surface area contributed by atoms with Crippen LogP contribution in [0.3, 0.4) is 0 Å². The molecule has 0 amide bonds. The predicted molar refractivity (Wildman–Crippen MR) is 184 cm³/mol. The van der Waals surface area contributed by atoms with Gasteiger partial charge in [0.1, 0.15) is 16.8 Å². The first kappa shape index (κ1) is 43.9. The van der Waals surface area contributed by atoms with E-state index < -0.39 is 39.0 Å². The normalized spacial score (nSPS) is 20.4. The first-order valence-electron chi connectivity index (χ1n) is 17.5. The van der Waals surface area contributed by atoms with Crippen LogP contribution in [0.1, 0.15) is 145 Å². The molecule has 278 valence electrons. The van der Waals surface area contributed by atoms with Crippen molar-refractivity contribution in [3.63, 3.8) is 0 Å². The Balaban J connectivity index is 0.000000362. The SMILES string of the molecule is C=C(C(=O)OC1(C(C)C)CCCCC1)C(F)(F)F.C=C(C)C(=O)OC1(C(C)C)CCCCC1.C=CS(=O)(=O)OC1(C(C)C)CCCCC1. The van der Waals surface area contributed by atoms with Crippen molar-refractivity contribution in [1.82, 2.24) is 0 Å². The summed E-state index contributed by atoms with van der Waals surface area (Å²) in [4.78, 5) is 23.1. The number of alkyl halides is 3. The lowest BCUT2D eigenvalue weighted by molar-refractivity contribution is -0.173. The Morgan fingerprint density at radius 1 is 0.646 bits per heavy atom. The lowest BCUT2D eigenvalue weighted by Crippen LogP contribution is -2.43. The summed E-state index contributed by atoms with van der Waals surface area (Å²) in [6, 6.07) is 0. The lowest BCUT2D eigenvalue weighted by atomic mass is 9.77. The van der Waals surface area contributed by atoms with Crippen molar-refractivity contribution in [3.05, 3.63) is 36.3 Å². The van der Waals surface area contributed by atoms with Gasteiger partial charge in [0.15, 0.2) is 0 Å². The van der Waals surface area contributed by atoms with Crippen molar-refractivity contribution >= 4 is 22.1 Å². The number of hydrogen-bond donors (Lipinski definition) is 0. The van der Waals surface area contributed by atoms with E-state index in [1.165, 1.54) is 25.7 Å². The third kappa shape index (κ3) is 13.0. The first-order chi connectivity index (χ1) is 22.1. The van der Waals surface area contributed by atoms with Crippen molar-refractivity contribution < 1.29 is 44.8 Å². The Bertz CT molecular complexity index is 1180. The van der Waals surface area contributed by atoms with Crippen LogP contribution in [-0.2, 0) is 33.4 Å². The molecule has 0 radical (unpaired) electrons. The molecular weight excluding hydrogens is 645 g/mol. The number of ether oxygens (including phenoxy) is 2. The molecule has 0 bridgehead atoms. The maximum Gasteiger partial charge on any atom is 0.422 e. The van der Waals surface area contributed by atoms with Gasteiger partial charge in [0.2, 0.25) is 0 Å². The van der Waals surface area contributed by atoms with Gasteiger partial charge in [0.05, 0.1) is 11.0 Å². The number of carbonyl (C=O) groups is 2. The van der Waals surface area contributed by atoms with E-state index in [4.69, 9.17) is 13.7 Å². The molecule has 0 atom stereocenters. The Morgan fingerprint density at radius 3 is 1.23 bits per heavy atom. The fourth-order valence-electron chi connectivity index (χ4n) is 6.70. The second-order valence-electron chi connectivity index (χ2n) is 14.6. The predicted octanol–water partition coefficient (Wildman–Crippen LogP) is 10.3. The van der Waals surface area contributed by atoms with Crippen molar-refractivity contribution in [1.29, 1.82) is 0 Å². The number of hydrogen-bond acceptors (Lipinski definition) is 7. The summed E-state index contributed by atoms with van der Waals surface area (Å²) in [6.07, 6.45) is 9.86. The van der Waals surface area contributed by atoms with E-state index >= 15 is 0 Å². The molecule has 0 aromatic carbocycles. The van der Waals surface area contributed by atoms with Gasteiger partial charge in [-0.3, -0.25) is 4.18 Å². The van der Waals surface area contributed by atoms with Gasteiger partial charge < -0.3 is 9.47 Å². The van der Waals surface area contributed by atoms with Gasteiger partial charge in [0, 0.05) is 5.57 Å². The van der Waals surface area contributed by atoms with E-state index in [-0.39, 0.29) is 23.4 Å². The number of carbonyl (C=O) groups excluding carboxylic acids is 2. The van der Waals surface area contributed by atoms with E-state index in [0.717, 1.165) is 63.2 Å². The van der Waals surface area contributed by atoms with E-state index in [1.807, 2.05) is 27.7 Å². The molecule has 3 aliphatic carbocycles. The second kappa shape index (κ2) is 18.7. The molecule has 0 aliphatic heterocycles. The molecule has 0 spiro atoms. The van der Waals surface area contributed by atoms with E-state index in [0.29, 0.717) is 24.3 Å². The van der Waals surface area contributed by atoms with Gasteiger partial charge in [-0.15, -0.1) is 0 Å². The second-order valence-corrected chi connectivity index (χ2v) is 16.1. The quantitative estimate of drug-likeness (QED) is 0.127. The van der Waals surface area contributed by atoms with Crippen LogP contribution < -0.4 is 0 Å². The molecule has 0 saturated heterocycles. The average molecular weight is 707 g/mol. The molecule has 3 rings (SSSR count). The van der Waals surface area contributed by atoms with Gasteiger partial charge in [-0.05, 0) is 88.9 Å². The van der Waals surface area contributed by atoms with Gasteiger partial charge >= 0.3 is 18.1 Å². The highest BCUT2D eigenvalue weighted by molar-refractivity contribution is 7.89. The number of esters is 2. The van der Waals surface area contributed by atoms with E-state index in [2.05, 4.69) is 33.6 Å². The molecule has 0 aromatic rings. The summed E-state index contributed by atoms with van der Waals surface area (Å²) in [5.41, 5.74) is -2.41. The largest absolute Gasteiger partial charge is 0.455 e. The molecule has 11 heteroatoms. The topological polar surface area (TPSA) is 96.0 Å². The fraction of sp³-hybridized carbons (Fsp3) is 0.784. The van der Waals surface area contributed by atoms with Crippen molar-refractivity contribution in [2.75, 3.05) is 0 Å². The zero-order valence-electron chi connectivity index (χ0n) is 30.4. The molecule has 0 N–H and O–H groups in total. The molecule has 3 saturated carbocycles. The molecule has 0 unspecified atom stereocenters. The van der Waals surface area contributed by atoms with Crippen LogP contribution in [0.15, 0.2) is 36.3 Å². The highest BCUT2D eigenvalue weighted by Gasteiger charge is 2.44. The molecule has 0 heterocycles. The molecule has 3 fully saturated rings. The zero-order chi connectivity index (χ0) is 37.0. The smallest absolute Gasteiger partial charge is 0.422 e. The highest BCUT2D eigenvalue weighted by Crippen LogP contribution is 2.41. The van der Waals surface area contributed by atoms with Gasteiger partial charge in [-0.1, -0.05) is 93.4 Å². The zero-order valence-corrected chi connectivity index (χ0v) is 31.3. The van der Waals surface area contributed by atoms with Crippen LogP contribution in [0.5, 0.6) is 0 Å². The maximum absolute atomic E-state index is 12.4. The lowest BCUT2D eigenvalue weighted by Gasteiger charge is -2.40. The average Bonchev–Trinajstić information content (AvgIpc) is 3.01. The Kier molecular flexibility index (Phi) is 17.1. The minimum Gasteiger partial charge on any atom is -0.455 e. The molecular formula is C37H61F3O7S. The molecule has 0 aromatic heterocycles. The summed E-state index contributed by atoms with van der Waals surface area (Å²) in [7, 11) is -3.56. The van der Waals surface area contributed by atoms with Crippen LogP contribution in [0.4, 0.5) is 13.2 Å². The Morgan fingerprint density at radius 2 is 0.958 bits per heavy atom. The summed E-state index contributed by atoms with van der Waals surface area (Å²) in [6.45, 7) is 23.4. The van der Waals surface area contributed by atoms with Crippen molar-refractivity contribution in [2.45, 2.75) is 168 Å². The summed E-state index contributed by atoms with van der Waals surface area (Å²) >= 11 is 0. The van der Waals surface area contributed by atoms with Crippen molar-refractivity contribution in [3.8, 4) is 0 Å². The molecule has 48 heavy (non-hydrogen) atoms. The summed E-state index contributed by atoms with van der Waals surface area (Å²) in [5.74, 6) is -0.958. The van der Waals surface area contributed by atoms with E-state index in [9.17, 15) is 31.2 Å². The van der Waals surface area contributed by atoms with E-state index in [1.54, 1.807) is 6.92 Å². The standard InChI is InChI=1S/C13H19F3O2.C13H22O2.C11H20O3S/c1-9(2)12(7-5-4-6-8-12)18-11(17)10(3)13(14,15)16;1-10(2)12(14)15-13(11(3)4)8-6-5-7-9-13;1-4-15(12,13)14-11(10(2)3)8-6-5-7-9-11/h9H,3-8H2,1-2H3;11H,1,5-9H2,2-4H3;4,10H,1,5-9H2,2-3H3. The van der Waals surface area contributed by atoms with Gasteiger partial charge in [-0.25, -0.2) is 9.59 Å². The molecule has 3 aliphatic rings. The monoisotopic (exact) mass is 706 g/mol. The van der Waals surface area contributed by atoms with Crippen molar-refractivity contribution in [2.24, 2.45) is 17.8 Å². The van der Waals surface area contributed by atoms with Crippen LogP contribution in [0.2, 0.25) is 0 Å². The Labute approximate surface area is 288 Å². The Hall–Kier alpha value is -2.14. The number of halogens is 3. The fourth-order valence-corrected chi connectivity index (χ4v) is 7.59. The summed E-state index contributed by atoms with van der Waals surface area (Å²) < 4.78 is 76.2. The van der Waals surface area contributed by atoms with Crippen LogP contribution >= 0.6 is 0 Å². The maximum atomic E-state index is 12.4. The highest BCUT2D eigenvalue weighted by atomic mass is 32.2. The number of rotatable bonds is 10. The van der Waals surface area contributed by atoms with Gasteiger partial charge in [-0.2, -0.15) is 21.6 Å².